The Hall–Kier alpha value is -2.11. The molecule has 22 heavy (non-hydrogen) atoms. The highest BCUT2D eigenvalue weighted by Gasteiger charge is 2.40. The summed E-state index contributed by atoms with van der Waals surface area (Å²) < 4.78 is 0. The molecule has 1 aromatic heterocycles. The van der Waals surface area contributed by atoms with Crippen molar-refractivity contribution in [2.24, 2.45) is 0 Å². The molecule has 2 aliphatic rings. The fourth-order valence-electron chi connectivity index (χ4n) is 3.39. The Bertz CT molecular complexity index is 673. The van der Waals surface area contributed by atoms with E-state index in [2.05, 4.69) is 10.3 Å². The van der Waals surface area contributed by atoms with E-state index in [-0.39, 0.29) is 17.5 Å². The number of fused-ring (bicyclic) bond motifs is 1. The van der Waals surface area contributed by atoms with Crippen LogP contribution < -0.4 is 10.9 Å². The number of carboxylic acids is 1. The molecule has 3 N–H and O–H groups in total. The molecular formula is C16H20N2O4. The summed E-state index contributed by atoms with van der Waals surface area (Å²) in [5, 5.41) is 11.8. The van der Waals surface area contributed by atoms with Gasteiger partial charge in [0.15, 0.2) is 0 Å². The molecule has 0 aromatic carbocycles. The van der Waals surface area contributed by atoms with Gasteiger partial charge in [0.1, 0.15) is 5.56 Å². The van der Waals surface area contributed by atoms with Crippen molar-refractivity contribution in [1.82, 2.24) is 10.3 Å². The number of rotatable bonds is 4. The highest BCUT2D eigenvalue weighted by atomic mass is 16.4. The molecule has 3 rings (SSSR count). The van der Waals surface area contributed by atoms with Gasteiger partial charge in [-0.3, -0.25) is 14.4 Å². The van der Waals surface area contributed by atoms with Gasteiger partial charge < -0.3 is 15.4 Å². The molecule has 0 bridgehead atoms. The number of aromatic nitrogens is 1. The van der Waals surface area contributed by atoms with Crippen LogP contribution in [0.25, 0.3) is 0 Å². The summed E-state index contributed by atoms with van der Waals surface area (Å²) in [6.07, 6.45) is 5.92. The number of amides is 1. The Morgan fingerprint density at radius 1 is 1.23 bits per heavy atom. The van der Waals surface area contributed by atoms with Gasteiger partial charge in [-0.25, -0.2) is 0 Å². The van der Waals surface area contributed by atoms with Crippen LogP contribution in [0.15, 0.2) is 10.9 Å². The minimum Gasteiger partial charge on any atom is -0.481 e. The van der Waals surface area contributed by atoms with Gasteiger partial charge in [0, 0.05) is 5.69 Å². The Morgan fingerprint density at radius 2 is 1.95 bits per heavy atom. The van der Waals surface area contributed by atoms with Gasteiger partial charge in [0.25, 0.3) is 11.5 Å². The second-order valence-corrected chi connectivity index (χ2v) is 6.38. The lowest BCUT2D eigenvalue weighted by Gasteiger charge is -2.41. The van der Waals surface area contributed by atoms with Crippen molar-refractivity contribution >= 4 is 11.9 Å². The van der Waals surface area contributed by atoms with E-state index in [4.69, 9.17) is 5.11 Å². The molecule has 0 aliphatic heterocycles. The number of H-pyrrole nitrogens is 1. The van der Waals surface area contributed by atoms with E-state index in [0.29, 0.717) is 12.8 Å². The lowest BCUT2D eigenvalue weighted by molar-refractivity contribution is -0.139. The Kier molecular flexibility index (Phi) is 3.76. The number of nitrogens with one attached hydrogen (secondary N) is 2. The molecule has 2 aliphatic carbocycles. The van der Waals surface area contributed by atoms with Crippen molar-refractivity contribution in [2.45, 2.75) is 56.9 Å². The number of aliphatic carboxylic acids is 1. The molecule has 0 radical (unpaired) electrons. The zero-order valence-corrected chi connectivity index (χ0v) is 12.4. The van der Waals surface area contributed by atoms with E-state index < -0.39 is 17.4 Å². The zero-order valence-electron chi connectivity index (χ0n) is 12.4. The van der Waals surface area contributed by atoms with Crippen molar-refractivity contribution < 1.29 is 14.7 Å². The van der Waals surface area contributed by atoms with Crippen molar-refractivity contribution in [2.75, 3.05) is 0 Å². The molecule has 0 atom stereocenters. The Morgan fingerprint density at radius 3 is 2.59 bits per heavy atom. The third kappa shape index (κ3) is 2.77. The van der Waals surface area contributed by atoms with Crippen molar-refractivity contribution in [1.29, 1.82) is 0 Å². The van der Waals surface area contributed by atoms with Gasteiger partial charge in [-0.2, -0.15) is 0 Å². The monoisotopic (exact) mass is 304 g/mol. The maximum absolute atomic E-state index is 12.4. The fourth-order valence-corrected chi connectivity index (χ4v) is 3.39. The second-order valence-electron chi connectivity index (χ2n) is 6.38. The second kappa shape index (κ2) is 5.59. The standard InChI is InChI=1S/C16H20N2O4/c19-13(20)9-16(6-3-7-16)18-15(22)11-8-10-4-1-2-5-12(10)17-14(11)21/h8H,1-7,9H2,(H,17,21)(H,18,22)(H,19,20). The first-order valence-electron chi connectivity index (χ1n) is 7.78. The van der Waals surface area contributed by atoms with Gasteiger partial charge in [-0.05, 0) is 56.6 Å². The van der Waals surface area contributed by atoms with E-state index in [1.54, 1.807) is 6.07 Å². The van der Waals surface area contributed by atoms with Gasteiger partial charge >= 0.3 is 5.97 Å². The molecule has 1 fully saturated rings. The largest absolute Gasteiger partial charge is 0.481 e. The Balaban J connectivity index is 1.83. The molecule has 0 unspecified atom stereocenters. The molecule has 1 amide bonds. The number of carboxylic acid groups (broad SMARTS) is 1. The number of carbonyl (C=O) groups is 2. The van der Waals surface area contributed by atoms with Crippen LogP contribution in [0.2, 0.25) is 0 Å². The average molecular weight is 304 g/mol. The number of aryl methyl sites for hydroxylation is 2. The number of pyridine rings is 1. The highest BCUT2D eigenvalue weighted by molar-refractivity contribution is 5.95. The van der Waals surface area contributed by atoms with Crippen LogP contribution in [0.4, 0.5) is 0 Å². The lowest BCUT2D eigenvalue weighted by Crippen LogP contribution is -2.55. The van der Waals surface area contributed by atoms with Gasteiger partial charge in [-0.1, -0.05) is 0 Å². The van der Waals surface area contributed by atoms with Crippen molar-refractivity contribution in [3.63, 3.8) is 0 Å². The van der Waals surface area contributed by atoms with Crippen LogP contribution in [-0.4, -0.2) is 27.5 Å². The summed E-state index contributed by atoms with van der Waals surface area (Å²) in [5.74, 6) is -1.39. The molecule has 6 heteroatoms. The first-order valence-corrected chi connectivity index (χ1v) is 7.78. The van der Waals surface area contributed by atoms with Crippen molar-refractivity contribution in [3.8, 4) is 0 Å². The van der Waals surface area contributed by atoms with Gasteiger partial charge in [0.2, 0.25) is 0 Å². The van der Waals surface area contributed by atoms with E-state index in [9.17, 15) is 14.4 Å². The van der Waals surface area contributed by atoms with Crippen LogP contribution in [0, 0.1) is 0 Å². The van der Waals surface area contributed by atoms with Crippen LogP contribution in [0.5, 0.6) is 0 Å². The molecule has 1 saturated carbocycles. The van der Waals surface area contributed by atoms with Crippen LogP contribution in [-0.2, 0) is 17.6 Å². The van der Waals surface area contributed by atoms with Crippen molar-refractivity contribution in [3.05, 3.63) is 33.2 Å². The summed E-state index contributed by atoms with van der Waals surface area (Å²) in [4.78, 5) is 38.3. The van der Waals surface area contributed by atoms with E-state index in [1.807, 2.05) is 0 Å². The quantitative estimate of drug-likeness (QED) is 0.782. The third-order valence-electron chi connectivity index (χ3n) is 4.76. The first-order chi connectivity index (χ1) is 10.5. The number of aromatic amines is 1. The molecular weight excluding hydrogens is 284 g/mol. The summed E-state index contributed by atoms with van der Waals surface area (Å²) >= 11 is 0. The van der Waals surface area contributed by atoms with E-state index in [1.165, 1.54) is 0 Å². The molecule has 118 valence electrons. The Labute approximate surface area is 127 Å². The first kappa shape index (κ1) is 14.8. The highest BCUT2D eigenvalue weighted by Crippen LogP contribution is 2.35. The summed E-state index contributed by atoms with van der Waals surface area (Å²) in [7, 11) is 0. The summed E-state index contributed by atoms with van der Waals surface area (Å²) in [6.45, 7) is 0. The minimum absolute atomic E-state index is 0.0947. The van der Waals surface area contributed by atoms with Gasteiger partial charge in [0.05, 0.1) is 12.0 Å². The molecule has 0 saturated heterocycles. The summed E-state index contributed by atoms with van der Waals surface area (Å²) in [5.41, 5.74) is 0.972. The van der Waals surface area contributed by atoms with Crippen LogP contribution >= 0.6 is 0 Å². The number of hydrogen-bond donors (Lipinski definition) is 3. The summed E-state index contributed by atoms with van der Waals surface area (Å²) in [6, 6.07) is 1.68. The van der Waals surface area contributed by atoms with Crippen LogP contribution in [0.1, 0.15) is 60.1 Å². The fraction of sp³-hybridized carbons (Fsp3) is 0.562. The number of hydrogen-bond acceptors (Lipinski definition) is 3. The molecule has 6 nitrogen and oxygen atoms in total. The molecule has 1 aromatic rings. The third-order valence-corrected chi connectivity index (χ3v) is 4.76. The van der Waals surface area contributed by atoms with Gasteiger partial charge in [-0.15, -0.1) is 0 Å². The normalized spacial score (nSPS) is 18.9. The predicted molar refractivity (Wildman–Crippen MR) is 80.0 cm³/mol. The number of carbonyl (C=O) groups excluding carboxylic acids is 1. The minimum atomic E-state index is -0.931. The molecule has 1 heterocycles. The lowest BCUT2D eigenvalue weighted by atomic mass is 9.74. The van der Waals surface area contributed by atoms with E-state index in [0.717, 1.165) is 43.4 Å². The predicted octanol–water partition coefficient (Wildman–Crippen LogP) is 1.38. The topological polar surface area (TPSA) is 99.3 Å². The SMILES string of the molecule is O=C(O)CC1(NC(=O)c2cc3c([nH]c2=O)CCCC3)CCC1. The maximum Gasteiger partial charge on any atom is 0.305 e. The van der Waals surface area contributed by atoms with E-state index >= 15 is 0 Å². The maximum atomic E-state index is 12.4. The molecule has 0 spiro atoms. The van der Waals surface area contributed by atoms with Crippen LogP contribution in [0.3, 0.4) is 0 Å². The zero-order chi connectivity index (χ0) is 15.7. The average Bonchev–Trinajstić information content (AvgIpc) is 2.43. The smallest absolute Gasteiger partial charge is 0.305 e.